The van der Waals surface area contributed by atoms with Crippen molar-refractivity contribution in [1.82, 2.24) is 4.98 Å². The molecule has 1 atom stereocenters. The molecule has 0 aliphatic carbocycles. The summed E-state index contributed by atoms with van der Waals surface area (Å²) in [6, 6.07) is 2.81. The number of nitrogens with two attached hydrogens (primary N) is 1. The maximum atomic E-state index is 5.64. The fourth-order valence-electron chi connectivity index (χ4n) is 2.79. The van der Waals surface area contributed by atoms with E-state index in [1.807, 2.05) is 6.20 Å². The molecule has 1 fully saturated rings. The van der Waals surface area contributed by atoms with Crippen molar-refractivity contribution in [2.45, 2.75) is 46.2 Å². The summed E-state index contributed by atoms with van der Waals surface area (Å²) in [7, 11) is 0. The third kappa shape index (κ3) is 2.44. The van der Waals surface area contributed by atoms with E-state index in [1.165, 1.54) is 18.4 Å². The van der Waals surface area contributed by atoms with Crippen LogP contribution in [-0.2, 0) is 6.54 Å². The number of anilines is 1. The molecule has 1 aliphatic rings. The molecule has 0 radical (unpaired) electrons. The Morgan fingerprint density at radius 2 is 2.29 bits per heavy atom. The number of aromatic nitrogens is 1. The highest BCUT2D eigenvalue weighted by Gasteiger charge is 2.28. The first-order valence-electron chi connectivity index (χ1n) is 6.55. The Morgan fingerprint density at radius 3 is 2.88 bits per heavy atom. The van der Waals surface area contributed by atoms with Gasteiger partial charge in [-0.2, -0.15) is 0 Å². The van der Waals surface area contributed by atoms with Crippen LogP contribution in [0.15, 0.2) is 12.3 Å². The second-order valence-electron chi connectivity index (χ2n) is 5.34. The number of hydrogen-bond acceptors (Lipinski definition) is 3. The summed E-state index contributed by atoms with van der Waals surface area (Å²) in [6.07, 6.45) is 4.48. The summed E-state index contributed by atoms with van der Waals surface area (Å²) >= 11 is 0. The highest BCUT2D eigenvalue weighted by Crippen LogP contribution is 2.30. The van der Waals surface area contributed by atoms with E-state index in [-0.39, 0.29) is 0 Å². The van der Waals surface area contributed by atoms with Crippen LogP contribution in [0.3, 0.4) is 0 Å². The van der Waals surface area contributed by atoms with Crippen LogP contribution in [0.5, 0.6) is 0 Å². The Hall–Kier alpha value is -1.09. The first-order chi connectivity index (χ1) is 8.13. The van der Waals surface area contributed by atoms with E-state index >= 15 is 0 Å². The van der Waals surface area contributed by atoms with Gasteiger partial charge >= 0.3 is 0 Å². The molecule has 94 valence electrons. The number of nitrogens with zero attached hydrogens (tertiary/aromatic N) is 2. The second kappa shape index (κ2) is 5.05. The highest BCUT2D eigenvalue weighted by molar-refractivity contribution is 5.49. The van der Waals surface area contributed by atoms with E-state index in [0.717, 1.165) is 17.9 Å². The third-order valence-electron chi connectivity index (χ3n) is 3.68. The van der Waals surface area contributed by atoms with Crippen molar-refractivity contribution in [3.05, 3.63) is 23.4 Å². The molecular formula is C14H23N3. The van der Waals surface area contributed by atoms with Crippen LogP contribution in [0.25, 0.3) is 0 Å². The fourth-order valence-corrected chi connectivity index (χ4v) is 2.79. The first kappa shape index (κ1) is 12.4. The van der Waals surface area contributed by atoms with Crippen LogP contribution >= 0.6 is 0 Å². The summed E-state index contributed by atoms with van der Waals surface area (Å²) in [6.45, 7) is 8.44. The van der Waals surface area contributed by atoms with Gasteiger partial charge in [0, 0.05) is 25.3 Å². The van der Waals surface area contributed by atoms with Gasteiger partial charge in [-0.1, -0.05) is 13.8 Å². The van der Waals surface area contributed by atoms with Gasteiger partial charge in [-0.25, -0.2) is 4.98 Å². The zero-order chi connectivity index (χ0) is 12.4. The zero-order valence-electron chi connectivity index (χ0n) is 11.1. The van der Waals surface area contributed by atoms with Crippen molar-refractivity contribution < 1.29 is 0 Å². The number of hydrogen-bond donors (Lipinski definition) is 1. The molecule has 2 N–H and O–H groups in total. The summed E-state index contributed by atoms with van der Waals surface area (Å²) in [4.78, 5) is 7.08. The lowest BCUT2D eigenvalue weighted by molar-refractivity contribution is 0.489. The van der Waals surface area contributed by atoms with Gasteiger partial charge in [0.15, 0.2) is 0 Å². The molecule has 0 amide bonds. The maximum absolute atomic E-state index is 5.64. The normalized spacial score (nSPS) is 20.3. The standard InChI is InChI=1S/C14H23N3/c1-10(2)13-5-4-6-17(13)14-11(3)7-12(8-15)9-16-14/h7,9-10,13H,4-6,8,15H2,1-3H3. The highest BCUT2D eigenvalue weighted by atomic mass is 15.2. The van der Waals surface area contributed by atoms with Crippen LogP contribution in [0.4, 0.5) is 5.82 Å². The van der Waals surface area contributed by atoms with Crippen molar-refractivity contribution in [3.63, 3.8) is 0 Å². The molecule has 0 bridgehead atoms. The van der Waals surface area contributed by atoms with Crippen molar-refractivity contribution in [2.24, 2.45) is 11.7 Å². The topological polar surface area (TPSA) is 42.1 Å². The smallest absolute Gasteiger partial charge is 0.131 e. The molecule has 17 heavy (non-hydrogen) atoms. The molecule has 3 heteroatoms. The fraction of sp³-hybridized carbons (Fsp3) is 0.643. The Balaban J connectivity index is 2.27. The second-order valence-corrected chi connectivity index (χ2v) is 5.34. The minimum absolute atomic E-state index is 0.571. The van der Waals surface area contributed by atoms with Crippen LogP contribution < -0.4 is 10.6 Å². The van der Waals surface area contributed by atoms with E-state index in [1.54, 1.807) is 0 Å². The van der Waals surface area contributed by atoms with E-state index in [2.05, 4.69) is 36.7 Å². The van der Waals surface area contributed by atoms with Crippen molar-refractivity contribution in [3.8, 4) is 0 Å². The van der Waals surface area contributed by atoms with Gasteiger partial charge < -0.3 is 10.6 Å². The average molecular weight is 233 g/mol. The van der Waals surface area contributed by atoms with E-state index in [9.17, 15) is 0 Å². The quantitative estimate of drug-likeness (QED) is 0.872. The monoisotopic (exact) mass is 233 g/mol. The molecule has 0 saturated carbocycles. The van der Waals surface area contributed by atoms with Gasteiger partial charge in [-0.15, -0.1) is 0 Å². The largest absolute Gasteiger partial charge is 0.353 e. The maximum Gasteiger partial charge on any atom is 0.131 e. The Labute approximate surface area is 104 Å². The third-order valence-corrected chi connectivity index (χ3v) is 3.68. The minimum atomic E-state index is 0.571. The molecule has 1 unspecified atom stereocenters. The Morgan fingerprint density at radius 1 is 1.53 bits per heavy atom. The summed E-state index contributed by atoms with van der Waals surface area (Å²) in [5, 5.41) is 0. The van der Waals surface area contributed by atoms with Crippen LogP contribution in [0.1, 0.15) is 37.8 Å². The van der Waals surface area contributed by atoms with Crippen LogP contribution in [-0.4, -0.2) is 17.6 Å². The molecule has 0 aromatic carbocycles. The summed E-state index contributed by atoms with van der Waals surface area (Å²) in [5.74, 6) is 1.84. The summed E-state index contributed by atoms with van der Waals surface area (Å²) in [5.41, 5.74) is 8.01. The van der Waals surface area contributed by atoms with Crippen LogP contribution in [0, 0.1) is 12.8 Å². The van der Waals surface area contributed by atoms with E-state index < -0.39 is 0 Å². The van der Waals surface area contributed by atoms with Gasteiger partial charge in [-0.05, 0) is 42.9 Å². The lowest BCUT2D eigenvalue weighted by Gasteiger charge is -2.30. The Kier molecular flexibility index (Phi) is 3.67. The number of rotatable bonds is 3. The molecule has 2 rings (SSSR count). The minimum Gasteiger partial charge on any atom is -0.353 e. The van der Waals surface area contributed by atoms with Crippen molar-refractivity contribution >= 4 is 5.82 Å². The molecule has 2 heterocycles. The first-order valence-corrected chi connectivity index (χ1v) is 6.55. The molecule has 1 aliphatic heterocycles. The van der Waals surface area contributed by atoms with Gasteiger partial charge in [-0.3, -0.25) is 0 Å². The predicted octanol–water partition coefficient (Wildman–Crippen LogP) is 2.47. The van der Waals surface area contributed by atoms with Crippen LogP contribution in [0.2, 0.25) is 0 Å². The molecule has 3 nitrogen and oxygen atoms in total. The number of aryl methyl sites for hydroxylation is 1. The summed E-state index contributed by atoms with van der Waals surface area (Å²) < 4.78 is 0. The zero-order valence-corrected chi connectivity index (χ0v) is 11.1. The van der Waals surface area contributed by atoms with Gasteiger partial charge in [0.05, 0.1) is 0 Å². The predicted molar refractivity (Wildman–Crippen MR) is 72.1 cm³/mol. The van der Waals surface area contributed by atoms with E-state index in [4.69, 9.17) is 5.73 Å². The molecule has 0 spiro atoms. The van der Waals surface area contributed by atoms with Crippen molar-refractivity contribution in [2.75, 3.05) is 11.4 Å². The van der Waals surface area contributed by atoms with Gasteiger partial charge in [0.2, 0.25) is 0 Å². The lowest BCUT2D eigenvalue weighted by Crippen LogP contribution is -2.34. The number of pyridine rings is 1. The molecule has 1 saturated heterocycles. The average Bonchev–Trinajstić information content (AvgIpc) is 2.77. The van der Waals surface area contributed by atoms with E-state index in [0.29, 0.717) is 18.5 Å². The Bertz CT molecular complexity index is 387. The lowest BCUT2D eigenvalue weighted by atomic mass is 10.0. The van der Waals surface area contributed by atoms with Gasteiger partial charge in [0.1, 0.15) is 5.82 Å². The van der Waals surface area contributed by atoms with Crippen molar-refractivity contribution in [1.29, 1.82) is 0 Å². The molecule has 1 aromatic heterocycles. The van der Waals surface area contributed by atoms with Gasteiger partial charge in [0.25, 0.3) is 0 Å². The molecular weight excluding hydrogens is 210 g/mol. The SMILES string of the molecule is Cc1cc(CN)cnc1N1CCCC1C(C)C. The molecule has 1 aromatic rings.